The smallest absolute Gasteiger partial charge is 0.234 e. The Morgan fingerprint density at radius 1 is 1.00 bits per heavy atom. The molecular weight excluding hydrogens is 485 g/mol. The number of carbonyl (C=O) groups excluding carboxylic acids is 1. The van der Waals surface area contributed by atoms with E-state index in [-0.39, 0.29) is 11.7 Å². The van der Waals surface area contributed by atoms with Crippen molar-refractivity contribution in [3.63, 3.8) is 0 Å². The molecule has 0 atom stereocenters. The van der Waals surface area contributed by atoms with Crippen LogP contribution in [0.4, 0.5) is 5.69 Å². The second-order valence-corrected chi connectivity index (χ2v) is 9.29. The summed E-state index contributed by atoms with van der Waals surface area (Å²) in [6, 6.07) is 26.4. The van der Waals surface area contributed by atoms with Crippen molar-refractivity contribution >= 4 is 46.6 Å². The van der Waals surface area contributed by atoms with Crippen LogP contribution in [0.25, 0.3) is 22.4 Å². The van der Waals surface area contributed by atoms with Crippen LogP contribution < -0.4 is 5.32 Å². The number of nitriles is 1. The van der Waals surface area contributed by atoms with Crippen molar-refractivity contribution in [1.82, 2.24) is 4.98 Å². The molecular formula is C27H19Cl2N3OS. The van der Waals surface area contributed by atoms with Crippen LogP contribution in [-0.4, -0.2) is 16.6 Å². The van der Waals surface area contributed by atoms with Gasteiger partial charge in [-0.1, -0.05) is 83.5 Å². The second kappa shape index (κ2) is 10.8. The first-order chi connectivity index (χ1) is 16.5. The number of thioether (sulfide) groups is 1. The molecule has 0 spiro atoms. The van der Waals surface area contributed by atoms with Gasteiger partial charge in [0.05, 0.1) is 17.0 Å². The fourth-order valence-electron chi connectivity index (χ4n) is 3.43. The predicted octanol–water partition coefficient (Wildman–Crippen LogP) is 7.63. The van der Waals surface area contributed by atoms with Gasteiger partial charge in [0.1, 0.15) is 11.1 Å². The number of carbonyl (C=O) groups is 1. The van der Waals surface area contributed by atoms with Crippen molar-refractivity contribution in [2.45, 2.75) is 11.9 Å². The lowest BCUT2D eigenvalue weighted by atomic mass is 9.99. The molecule has 7 heteroatoms. The number of rotatable bonds is 6. The SMILES string of the molecule is Cc1ccccc1NC(=O)CSc1nc(-c2ccc(Cl)cc2)cc(-c2ccccc2Cl)c1C#N. The summed E-state index contributed by atoms with van der Waals surface area (Å²) in [5, 5.41) is 14.5. The number of aromatic nitrogens is 1. The molecule has 0 fully saturated rings. The lowest BCUT2D eigenvalue weighted by Crippen LogP contribution is -2.15. The molecule has 4 aromatic rings. The van der Waals surface area contributed by atoms with Gasteiger partial charge in [-0.05, 0) is 42.8 Å². The molecule has 1 heterocycles. The molecule has 0 aliphatic rings. The second-order valence-electron chi connectivity index (χ2n) is 7.49. The molecule has 4 nitrogen and oxygen atoms in total. The third-order valence-corrected chi connectivity index (χ3v) is 6.72. The number of benzene rings is 3. The highest BCUT2D eigenvalue weighted by Gasteiger charge is 2.18. The Morgan fingerprint density at radius 2 is 1.71 bits per heavy atom. The number of anilines is 1. The fourth-order valence-corrected chi connectivity index (χ4v) is 4.59. The highest BCUT2D eigenvalue weighted by atomic mass is 35.5. The number of pyridine rings is 1. The van der Waals surface area contributed by atoms with Crippen LogP contribution in [0.2, 0.25) is 10.0 Å². The number of nitrogens with one attached hydrogen (secondary N) is 1. The topological polar surface area (TPSA) is 65.8 Å². The standard InChI is InChI=1S/C27H19Cl2N3OS/c1-17-6-2-5-9-24(17)31-26(33)16-34-27-22(15-30)21(20-7-3-4-8-23(20)29)14-25(32-27)18-10-12-19(28)13-11-18/h2-14H,16H2,1H3,(H,31,33). The summed E-state index contributed by atoms with van der Waals surface area (Å²) in [6.45, 7) is 1.93. The average Bonchev–Trinajstić information content (AvgIpc) is 2.84. The van der Waals surface area contributed by atoms with Gasteiger partial charge in [-0.25, -0.2) is 4.98 Å². The number of hydrogen-bond acceptors (Lipinski definition) is 4. The molecule has 0 bridgehead atoms. The Kier molecular flexibility index (Phi) is 7.54. The van der Waals surface area contributed by atoms with Crippen molar-refractivity contribution in [1.29, 1.82) is 5.26 Å². The highest BCUT2D eigenvalue weighted by Crippen LogP contribution is 2.37. The summed E-state index contributed by atoms with van der Waals surface area (Å²) in [7, 11) is 0. The minimum absolute atomic E-state index is 0.0993. The highest BCUT2D eigenvalue weighted by molar-refractivity contribution is 8.00. The van der Waals surface area contributed by atoms with Crippen LogP contribution >= 0.6 is 35.0 Å². The molecule has 0 aliphatic heterocycles. The van der Waals surface area contributed by atoms with E-state index in [4.69, 9.17) is 28.2 Å². The van der Waals surface area contributed by atoms with Crippen molar-refractivity contribution in [3.8, 4) is 28.5 Å². The average molecular weight is 504 g/mol. The number of nitrogens with zero attached hydrogens (tertiary/aromatic N) is 2. The summed E-state index contributed by atoms with van der Waals surface area (Å²) in [4.78, 5) is 17.4. The lowest BCUT2D eigenvalue weighted by molar-refractivity contribution is -0.113. The summed E-state index contributed by atoms with van der Waals surface area (Å²) < 4.78 is 0. The summed E-state index contributed by atoms with van der Waals surface area (Å²) in [5.41, 5.74) is 5.00. The molecule has 1 amide bonds. The van der Waals surface area contributed by atoms with Gasteiger partial charge in [0.25, 0.3) is 0 Å². The van der Waals surface area contributed by atoms with E-state index in [1.807, 2.05) is 67.6 Å². The van der Waals surface area contributed by atoms with Gasteiger partial charge in [-0.2, -0.15) is 5.26 Å². The number of amides is 1. The van der Waals surface area contributed by atoms with E-state index in [0.717, 1.165) is 22.4 Å². The number of para-hydroxylation sites is 1. The van der Waals surface area contributed by atoms with Crippen LogP contribution in [0.5, 0.6) is 0 Å². The Hall–Kier alpha value is -3.30. The van der Waals surface area contributed by atoms with Crippen molar-refractivity contribution in [2.24, 2.45) is 0 Å². The number of hydrogen-bond donors (Lipinski definition) is 1. The Balaban J connectivity index is 1.72. The third-order valence-electron chi connectivity index (χ3n) is 5.16. The molecule has 1 N–H and O–H groups in total. The van der Waals surface area contributed by atoms with Gasteiger partial charge in [-0.3, -0.25) is 4.79 Å². The molecule has 4 rings (SSSR count). The molecule has 3 aromatic carbocycles. The van der Waals surface area contributed by atoms with Gasteiger partial charge in [0.2, 0.25) is 5.91 Å². The third kappa shape index (κ3) is 5.43. The maximum Gasteiger partial charge on any atom is 0.234 e. The van der Waals surface area contributed by atoms with E-state index in [9.17, 15) is 10.1 Å². The maximum absolute atomic E-state index is 12.7. The quantitative estimate of drug-likeness (QED) is 0.274. The van der Waals surface area contributed by atoms with E-state index < -0.39 is 0 Å². The zero-order chi connectivity index (χ0) is 24.1. The number of halogens is 2. The van der Waals surface area contributed by atoms with Crippen molar-refractivity contribution < 1.29 is 4.79 Å². The van der Waals surface area contributed by atoms with Gasteiger partial charge in [0, 0.05) is 32.4 Å². The maximum atomic E-state index is 12.7. The first kappa shape index (κ1) is 23.8. The summed E-state index contributed by atoms with van der Waals surface area (Å²) >= 11 is 13.7. The molecule has 0 radical (unpaired) electrons. The zero-order valence-corrected chi connectivity index (χ0v) is 20.5. The minimum atomic E-state index is -0.179. The monoisotopic (exact) mass is 503 g/mol. The molecule has 1 aromatic heterocycles. The van der Waals surface area contributed by atoms with Crippen LogP contribution in [0, 0.1) is 18.3 Å². The number of aryl methyl sites for hydroxylation is 1. The molecule has 34 heavy (non-hydrogen) atoms. The van der Waals surface area contributed by atoms with E-state index in [1.54, 1.807) is 18.2 Å². The molecule has 0 aliphatic carbocycles. The molecule has 0 saturated carbocycles. The van der Waals surface area contributed by atoms with E-state index >= 15 is 0 Å². The first-order valence-electron chi connectivity index (χ1n) is 10.4. The van der Waals surface area contributed by atoms with Gasteiger partial charge in [0.15, 0.2) is 0 Å². The Labute approximate surface area is 212 Å². The zero-order valence-electron chi connectivity index (χ0n) is 18.2. The molecule has 0 saturated heterocycles. The van der Waals surface area contributed by atoms with Gasteiger partial charge in [-0.15, -0.1) is 0 Å². The van der Waals surface area contributed by atoms with Crippen LogP contribution in [0.15, 0.2) is 83.9 Å². The molecule has 0 unspecified atom stereocenters. The van der Waals surface area contributed by atoms with Gasteiger partial charge >= 0.3 is 0 Å². The van der Waals surface area contributed by atoms with Crippen LogP contribution in [0.3, 0.4) is 0 Å². The predicted molar refractivity (Wildman–Crippen MR) is 140 cm³/mol. The van der Waals surface area contributed by atoms with Crippen LogP contribution in [0.1, 0.15) is 11.1 Å². The van der Waals surface area contributed by atoms with Crippen molar-refractivity contribution in [3.05, 3.63) is 100 Å². The minimum Gasteiger partial charge on any atom is -0.325 e. The largest absolute Gasteiger partial charge is 0.325 e. The van der Waals surface area contributed by atoms with E-state index in [1.165, 1.54) is 11.8 Å². The summed E-state index contributed by atoms with van der Waals surface area (Å²) in [5.74, 6) is -0.0802. The summed E-state index contributed by atoms with van der Waals surface area (Å²) in [6.07, 6.45) is 0. The van der Waals surface area contributed by atoms with E-state index in [2.05, 4.69) is 11.4 Å². The Bertz CT molecular complexity index is 1400. The van der Waals surface area contributed by atoms with Crippen LogP contribution in [-0.2, 0) is 4.79 Å². The Morgan fingerprint density at radius 3 is 2.41 bits per heavy atom. The van der Waals surface area contributed by atoms with Crippen molar-refractivity contribution in [2.75, 3.05) is 11.1 Å². The first-order valence-corrected chi connectivity index (χ1v) is 12.1. The fraction of sp³-hybridized carbons (Fsp3) is 0.0741. The normalized spacial score (nSPS) is 10.5. The van der Waals surface area contributed by atoms with Gasteiger partial charge < -0.3 is 5.32 Å². The lowest BCUT2D eigenvalue weighted by Gasteiger charge is -2.14. The van der Waals surface area contributed by atoms with E-state index in [0.29, 0.717) is 31.9 Å². The molecule has 168 valence electrons.